The first kappa shape index (κ1) is 15.3. The van der Waals surface area contributed by atoms with E-state index in [-0.39, 0.29) is 5.91 Å². The van der Waals surface area contributed by atoms with Crippen LogP contribution >= 0.6 is 0 Å². The summed E-state index contributed by atoms with van der Waals surface area (Å²) in [7, 11) is 0. The molecule has 1 heterocycles. The van der Waals surface area contributed by atoms with Crippen LogP contribution in [0.3, 0.4) is 0 Å². The molecule has 0 atom stereocenters. The van der Waals surface area contributed by atoms with Crippen LogP contribution in [0, 0.1) is 11.3 Å². The number of carbonyl (C=O) groups is 1. The Kier molecular flexibility index (Phi) is 5.18. The number of nitrogens with one attached hydrogen (secondary N) is 2. The Morgan fingerprint density at radius 2 is 2.24 bits per heavy atom. The minimum absolute atomic E-state index is 0.0776. The summed E-state index contributed by atoms with van der Waals surface area (Å²) >= 11 is 0. The molecule has 0 aromatic heterocycles. The van der Waals surface area contributed by atoms with Gasteiger partial charge in [0.2, 0.25) is 5.91 Å². The normalized spacial score (nSPS) is 15.5. The van der Waals surface area contributed by atoms with Crippen LogP contribution in [0.5, 0.6) is 0 Å². The van der Waals surface area contributed by atoms with Crippen molar-refractivity contribution in [1.82, 2.24) is 10.6 Å². The first-order valence-corrected chi connectivity index (χ1v) is 7.38. The molecule has 1 aromatic carbocycles. The van der Waals surface area contributed by atoms with Crippen molar-refractivity contribution >= 4 is 11.6 Å². The minimum atomic E-state index is 0.0776. The maximum Gasteiger partial charge on any atom is 0.221 e. The summed E-state index contributed by atoms with van der Waals surface area (Å²) in [6.45, 7) is 6.97. The number of carbonyl (C=O) groups excluding carboxylic acids is 1. The van der Waals surface area contributed by atoms with Gasteiger partial charge in [-0.3, -0.25) is 4.79 Å². The molecule has 2 rings (SSSR count). The lowest BCUT2D eigenvalue weighted by Crippen LogP contribution is -2.29. The maximum atomic E-state index is 11.4. The molecule has 1 amide bonds. The van der Waals surface area contributed by atoms with Gasteiger partial charge in [0.1, 0.15) is 6.07 Å². The highest BCUT2D eigenvalue weighted by Gasteiger charge is 2.16. The van der Waals surface area contributed by atoms with Crippen molar-refractivity contribution in [3.8, 4) is 6.07 Å². The Hall–Kier alpha value is -2.06. The third-order valence-electron chi connectivity index (χ3n) is 3.55. The van der Waals surface area contributed by atoms with Crippen LogP contribution < -0.4 is 15.5 Å². The highest BCUT2D eigenvalue weighted by Crippen LogP contribution is 2.22. The summed E-state index contributed by atoms with van der Waals surface area (Å²) in [6, 6.07) is 8.67. The van der Waals surface area contributed by atoms with Crippen LogP contribution in [0.2, 0.25) is 0 Å². The highest BCUT2D eigenvalue weighted by molar-refractivity contribution is 5.77. The van der Waals surface area contributed by atoms with E-state index >= 15 is 0 Å². The van der Waals surface area contributed by atoms with E-state index in [1.165, 1.54) is 0 Å². The standard InChI is InChI=1S/C16H22N4O/c1-12(2)19-11-13-3-4-15(14(9-13)10-17)20-7-5-16(21)18-6-8-20/h3-4,9,12,19H,5-8,11H2,1-2H3,(H,18,21). The van der Waals surface area contributed by atoms with Crippen LogP contribution in [-0.4, -0.2) is 31.6 Å². The van der Waals surface area contributed by atoms with Gasteiger partial charge in [0.25, 0.3) is 0 Å². The average Bonchev–Trinajstić information content (AvgIpc) is 2.69. The number of amides is 1. The molecule has 0 bridgehead atoms. The smallest absolute Gasteiger partial charge is 0.221 e. The Bertz CT molecular complexity index is 548. The van der Waals surface area contributed by atoms with E-state index in [2.05, 4.69) is 35.5 Å². The van der Waals surface area contributed by atoms with Crippen LogP contribution in [0.4, 0.5) is 5.69 Å². The fraction of sp³-hybridized carbons (Fsp3) is 0.500. The zero-order valence-corrected chi connectivity index (χ0v) is 12.6. The maximum absolute atomic E-state index is 11.4. The summed E-state index contributed by atoms with van der Waals surface area (Å²) in [5.74, 6) is 0.0776. The molecule has 5 nitrogen and oxygen atoms in total. The van der Waals surface area contributed by atoms with Crippen molar-refractivity contribution in [3.63, 3.8) is 0 Å². The number of nitrogens with zero attached hydrogens (tertiary/aromatic N) is 2. The fourth-order valence-corrected chi connectivity index (χ4v) is 2.39. The number of anilines is 1. The summed E-state index contributed by atoms with van der Waals surface area (Å²) < 4.78 is 0. The van der Waals surface area contributed by atoms with Crippen molar-refractivity contribution in [2.24, 2.45) is 0 Å². The zero-order chi connectivity index (χ0) is 15.2. The molecular weight excluding hydrogens is 264 g/mol. The molecule has 1 fully saturated rings. The van der Waals surface area contributed by atoms with E-state index < -0.39 is 0 Å². The second-order valence-corrected chi connectivity index (χ2v) is 5.59. The highest BCUT2D eigenvalue weighted by atomic mass is 16.1. The van der Waals surface area contributed by atoms with E-state index in [1.807, 2.05) is 18.2 Å². The Morgan fingerprint density at radius 3 is 2.95 bits per heavy atom. The van der Waals surface area contributed by atoms with Crippen molar-refractivity contribution in [2.75, 3.05) is 24.5 Å². The molecule has 112 valence electrons. The molecule has 21 heavy (non-hydrogen) atoms. The molecule has 0 radical (unpaired) electrons. The zero-order valence-electron chi connectivity index (χ0n) is 12.6. The van der Waals surface area contributed by atoms with Crippen LogP contribution in [0.25, 0.3) is 0 Å². The second kappa shape index (κ2) is 7.09. The number of rotatable bonds is 4. The first-order chi connectivity index (χ1) is 10.1. The first-order valence-electron chi connectivity index (χ1n) is 7.38. The topological polar surface area (TPSA) is 68.2 Å². The summed E-state index contributed by atoms with van der Waals surface area (Å²) in [4.78, 5) is 13.5. The van der Waals surface area contributed by atoms with Gasteiger partial charge in [0, 0.05) is 38.6 Å². The largest absolute Gasteiger partial charge is 0.368 e. The number of nitriles is 1. The molecule has 2 N–H and O–H groups in total. The SMILES string of the molecule is CC(C)NCc1ccc(N2CCNC(=O)CC2)c(C#N)c1. The van der Waals surface area contributed by atoms with Gasteiger partial charge in [-0.1, -0.05) is 19.9 Å². The van der Waals surface area contributed by atoms with E-state index in [0.717, 1.165) is 24.3 Å². The van der Waals surface area contributed by atoms with Crippen molar-refractivity contribution in [1.29, 1.82) is 5.26 Å². The summed E-state index contributed by atoms with van der Waals surface area (Å²) in [5, 5.41) is 15.6. The Balaban J connectivity index is 2.16. The number of benzene rings is 1. The summed E-state index contributed by atoms with van der Waals surface area (Å²) in [6.07, 6.45) is 0.474. The fourth-order valence-electron chi connectivity index (χ4n) is 2.39. The molecular formula is C16H22N4O. The van der Waals surface area contributed by atoms with Gasteiger partial charge in [-0.25, -0.2) is 0 Å². The van der Waals surface area contributed by atoms with Gasteiger partial charge in [-0.2, -0.15) is 5.26 Å². The second-order valence-electron chi connectivity index (χ2n) is 5.59. The Labute approximate surface area is 125 Å². The molecule has 0 unspecified atom stereocenters. The molecule has 1 saturated heterocycles. The van der Waals surface area contributed by atoms with Crippen molar-refractivity contribution < 1.29 is 4.79 Å². The van der Waals surface area contributed by atoms with E-state index in [9.17, 15) is 10.1 Å². The van der Waals surface area contributed by atoms with Crippen molar-refractivity contribution in [2.45, 2.75) is 32.9 Å². The lowest BCUT2D eigenvalue weighted by molar-refractivity contribution is -0.120. The van der Waals surface area contributed by atoms with E-state index in [1.54, 1.807) is 0 Å². The third-order valence-corrected chi connectivity index (χ3v) is 3.55. The monoisotopic (exact) mass is 286 g/mol. The lowest BCUT2D eigenvalue weighted by atomic mass is 10.1. The van der Waals surface area contributed by atoms with Gasteiger partial charge in [0.05, 0.1) is 11.3 Å². The Morgan fingerprint density at radius 1 is 1.43 bits per heavy atom. The van der Waals surface area contributed by atoms with Crippen LogP contribution in [0.1, 0.15) is 31.4 Å². The molecule has 5 heteroatoms. The molecule has 0 saturated carbocycles. The number of hydrogen-bond donors (Lipinski definition) is 2. The molecule has 1 aliphatic heterocycles. The van der Waals surface area contributed by atoms with Gasteiger partial charge in [0.15, 0.2) is 0 Å². The third kappa shape index (κ3) is 4.20. The quantitative estimate of drug-likeness (QED) is 0.877. The van der Waals surface area contributed by atoms with Gasteiger partial charge < -0.3 is 15.5 Å². The van der Waals surface area contributed by atoms with Gasteiger partial charge in [-0.05, 0) is 17.7 Å². The lowest BCUT2D eigenvalue weighted by Gasteiger charge is -2.23. The van der Waals surface area contributed by atoms with Crippen LogP contribution in [0.15, 0.2) is 18.2 Å². The minimum Gasteiger partial charge on any atom is -0.368 e. The molecule has 1 aromatic rings. The van der Waals surface area contributed by atoms with E-state index in [0.29, 0.717) is 31.1 Å². The molecule has 0 spiro atoms. The number of hydrogen-bond acceptors (Lipinski definition) is 4. The summed E-state index contributed by atoms with van der Waals surface area (Å²) in [5.41, 5.74) is 2.70. The van der Waals surface area contributed by atoms with Crippen LogP contribution in [-0.2, 0) is 11.3 Å². The van der Waals surface area contributed by atoms with Gasteiger partial charge >= 0.3 is 0 Å². The van der Waals surface area contributed by atoms with Gasteiger partial charge in [-0.15, -0.1) is 0 Å². The molecule has 0 aliphatic carbocycles. The predicted octanol–water partition coefficient (Wildman–Crippen LogP) is 1.38. The average molecular weight is 286 g/mol. The van der Waals surface area contributed by atoms with Crippen molar-refractivity contribution in [3.05, 3.63) is 29.3 Å². The predicted molar refractivity (Wildman–Crippen MR) is 83.0 cm³/mol. The van der Waals surface area contributed by atoms with E-state index in [4.69, 9.17) is 0 Å². The molecule has 1 aliphatic rings.